The quantitative estimate of drug-likeness (QED) is 0.536. The third kappa shape index (κ3) is 4.72. The van der Waals surface area contributed by atoms with Gasteiger partial charge in [-0.3, -0.25) is 4.90 Å². The van der Waals surface area contributed by atoms with Gasteiger partial charge in [-0.2, -0.15) is 0 Å². The van der Waals surface area contributed by atoms with Crippen molar-refractivity contribution in [2.45, 2.75) is 71.6 Å². The number of aliphatic hydroxyl groups is 1. The third-order valence-corrected chi connectivity index (χ3v) is 6.14. The Morgan fingerprint density at radius 2 is 2.00 bits per heavy atom. The summed E-state index contributed by atoms with van der Waals surface area (Å²) >= 11 is 0. The van der Waals surface area contributed by atoms with Gasteiger partial charge in [-0.1, -0.05) is 11.6 Å². The Hall–Kier alpha value is -2.68. The standard InChI is InChI=1S/C23H29F3N2O4/c1-14(2)7-6-11-21(4)22(5,30)28(20(29)32-21)12-10-17-15(3)27-19-9-8-16(13-18(17)19)31-23(24,25)26/h7-9,13,27,30H,6,10-12H2,1-5H3/t21-,22+/m1/s1. The van der Waals surface area contributed by atoms with E-state index in [4.69, 9.17) is 4.74 Å². The van der Waals surface area contributed by atoms with Crippen molar-refractivity contribution in [2.24, 2.45) is 0 Å². The fourth-order valence-electron chi connectivity index (χ4n) is 4.15. The fraction of sp³-hybridized carbons (Fsp3) is 0.522. The maximum atomic E-state index is 12.6. The van der Waals surface area contributed by atoms with Crippen molar-refractivity contribution in [2.75, 3.05) is 6.54 Å². The van der Waals surface area contributed by atoms with Crippen LogP contribution in [0.4, 0.5) is 18.0 Å². The van der Waals surface area contributed by atoms with Crippen LogP contribution < -0.4 is 4.74 Å². The van der Waals surface area contributed by atoms with E-state index in [9.17, 15) is 23.1 Å². The molecule has 0 spiro atoms. The number of halogens is 3. The zero-order chi connectivity index (χ0) is 23.9. The molecule has 0 saturated carbocycles. The summed E-state index contributed by atoms with van der Waals surface area (Å²) in [6, 6.07) is 4.09. The predicted molar refractivity (Wildman–Crippen MR) is 114 cm³/mol. The number of ether oxygens (including phenoxy) is 2. The molecule has 2 N–H and O–H groups in total. The smallest absolute Gasteiger partial charge is 0.438 e. The highest BCUT2D eigenvalue weighted by Crippen LogP contribution is 2.41. The number of carbonyl (C=O) groups is 1. The van der Waals surface area contributed by atoms with Crippen molar-refractivity contribution in [3.8, 4) is 5.75 Å². The number of alkyl halides is 3. The number of allylic oxidation sites excluding steroid dienone is 2. The number of hydrogen-bond donors (Lipinski definition) is 2. The summed E-state index contributed by atoms with van der Waals surface area (Å²) in [4.78, 5) is 17.0. The minimum Gasteiger partial charge on any atom is -0.438 e. The van der Waals surface area contributed by atoms with Gasteiger partial charge in [0.2, 0.25) is 0 Å². The van der Waals surface area contributed by atoms with E-state index in [1.54, 1.807) is 13.8 Å². The zero-order valence-corrected chi connectivity index (χ0v) is 18.9. The van der Waals surface area contributed by atoms with Gasteiger partial charge in [0.15, 0.2) is 11.3 Å². The van der Waals surface area contributed by atoms with Crippen LogP contribution in [0.1, 0.15) is 51.8 Å². The molecule has 1 fully saturated rings. The van der Waals surface area contributed by atoms with Gasteiger partial charge >= 0.3 is 12.5 Å². The monoisotopic (exact) mass is 454 g/mol. The lowest BCUT2D eigenvalue weighted by molar-refractivity contribution is -0.274. The molecule has 3 rings (SSSR count). The van der Waals surface area contributed by atoms with Gasteiger partial charge in [0, 0.05) is 23.1 Å². The molecule has 32 heavy (non-hydrogen) atoms. The van der Waals surface area contributed by atoms with E-state index in [2.05, 4.69) is 9.72 Å². The summed E-state index contributed by atoms with van der Waals surface area (Å²) in [5.74, 6) is -0.315. The van der Waals surface area contributed by atoms with Gasteiger partial charge in [-0.15, -0.1) is 13.2 Å². The van der Waals surface area contributed by atoms with E-state index in [0.717, 1.165) is 16.8 Å². The van der Waals surface area contributed by atoms with Crippen molar-refractivity contribution in [3.05, 3.63) is 41.1 Å². The van der Waals surface area contributed by atoms with Gasteiger partial charge in [-0.25, -0.2) is 4.79 Å². The molecule has 1 amide bonds. The number of nitrogens with zero attached hydrogens (tertiary/aromatic N) is 1. The summed E-state index contributed by atoms with van der Waals surface area (Å²) in [5.41, 5.74) is 0.688. The van der Waals surface area contributed by atoms with Crippen molar-refractivity contribution >= 4 is 17.0 Å². The molecule has 2 aromatic rings. The van der Waals surface area contributed by atoms with Gasteiger partial charge in [0.25, 0.3) is 0 Å². The molecule has 1 aromatic heterocycles. The number of amides is 1. The van der Waals surface area contributed by atoms with Crippen LogP contribution in [0.5, 0.6) is 5.75 Å². The van der Waals surface area contributed by atoms with Crippen LogP contribution in [0.3, 0.4) is 0 Å². The first-order valence-corrected chi connectivity index (χ1v) is 10.5. The Balaban J connectivity index is 1.81. The number of nitrogens with one attached hydrogen (secondary N) is 1. The van der Waals surface area contributed by atoms with E-state index < -0.39 is 23.8 Å². The van der Waals surface area contributed by atoms with Crippen molar-refractivity contribution < 1.29 is 32.5 Å². The van der Waals surface area contributed by atoms with E-state index in [0.29, 0.717) is 30.2 Å². The number of hydrogen-bond acceptors (Lipinski definition) is 4. The molecule has 6 nitrogen and oxygen atoms in total. The fourth-order valence-corrected chi connectivity index (χ4v) is 4.15. The number of aromatic amines is 1. The molecule has 9 heteroatoms. The lowest BCUT2D eigenvalue weighted by Crippen LogP contribution is -2.55. The van der Waals surface area contributed by atoms with Crippen LogP contribution in [0.2, 0.25) is 0 Å². The topological polar surface area (TPSA) is 74.8 Å². The molecular formula is C23H29F3N2O4. The van der Waals surface area contributed by atoms with Crippen molar-refractivity contribution in [1.29, 1.82) is 0 Å². The maximum absolute atomic E-state index is 12.6. The van der Waals surface area contributed by atoms with Crippen LogP contribution in [0, 0.1) is 6.92 Å². The highest BCUT2D eigenvalue weighted by molar-refractivity contribution is 5.86. The number of rotatable bonds is 7. The Morgan fingerprint density at radius 1 is 1.31 bits per heavy atom. The number of cyclic esters (lactones) is 1. The minimum atomic E-state index is -4.78. The SMILES string of the molecule is CC(C)=CCC[C@@]1(C)OC(=O)N(CCc2c(C)[nH]c3ccc(OC(F)(F)F)cc23)[C@@]1(C)O. The lowest BCUT2D eigenvalue weighted by atomic mass is 9.88. The van der Waals surface area contributed by atoms with Crippen molar-refractivity contribution in [3.63, 3.8) is 0 Å². The van der Waals surface area contributed by atoms with E-state index in [1.165, 1.54) is 23.1 Å². The summed E-state index contributed by atoms with van der Waals surface area (Å²) in [7, 11) is 0. The number of H-pyrrole nitrogens is 1. The number of carbonyl (C=O) groups excluding carboxylic acids is 1. The summed E-state index contributed by atoms with van der Waals surface area (Å²) in [6.45, 7) is 9.16. The third-order valence-electron chi connectivity index (χ3n) is 6.14. The summed E-state index contributed by atoms with van der Waals surface area (Å²) < 4.78 is 47.5. The normalized spacial score (nSPS) is 23.5. The van der Waals surface area contributed by atoms with E-state index in [-0.39, 0.29) is 12.3 Å². The lowest BCUT2D eigenvalue weighted by Gasteiger charge is -2.37. The largest absolute Gasteiger partial charge is 0.573 e. The summed E-state index contributed by atoms with van der Waals surface area (Å²) in [6.07, 6.45) is -1.96. The number of aromatic nitrogens is 1. The van der Waals surface area contributed by atoms with Crippen LogP contribution in [0.25, 0.3) is 10.9 Å². The molecular weight excluding hydrogens is 425 g/mol. The molecule has 1 saturated heterocycles. The average Bonchev–Trinajstić information content (AvgIpc) is 3.02. The molecule has 0 aliphatic carbocycles. The number of fused-ring (bicyclic) bond motifs is 1. The van der Waals surface area contributed by atoms with Gasteiger partial charge in [-0.05, 0) is 77.6 Å². The molecule has 176 valence electrons. The predicted octanol–water partition coefficient (Wildman–Crippen LogP) is 5.58. The summed E-state index contributed by atoms with van der Waals surface area (Å²) in [5, 5.41) is 11.8. The van der Waals surface area contributed by atoms with Crippen LogP contribution in [-0.4, -0.2) is 45.3 Å². The highest BCUT2D eigenvalue weighted by atomic mass is 19.4. The number of aryl methyl sites for hydroxylation is 1. The average molecular weight is 454 g/mol. The molecule has 1 aliphatic rings. The Morgan fingerprint density at radius 3 is 2.62 bits per heavy atom. The first kappa shape index (κ1) is 24.0. The van der Waals surface area contributed by atoms with Crippen LogP contribution >= 0.6 is 0 Å². The Bertz CT molecular complexity index is 1040. The van der Waals surface area contributed by atoms with Gasteiger partial charge < -0.3 is 19.6 Å². The Kier molecular flexibility index (Phi) is 6.25. The molecule has 0 unspecified atom stereocenters. The second kappa shape index (κ2) is 8.35. The molecule has 0 bridgehead atoms. The molecule has 1 aromatic carbocycles. The molecule has 2 heterocycles. The second-order valence-electron chi connectivity index (χ2n) is 8.83. The van der Waals surface area contributed by atoms with Gasteiger partial charge in [0.05, 0.1) is 0 Å². The van der Waals surface area contributed by atoms with Gasteiger partial charge in [0.1, 0.15) is 5.75 Å². The van der Waals surface area contributed by atoms with Crippen LogP contribution in [0.15, 0.2) is 29.8 Å². The molecule has 1 aliphatic heterocycles. The first-order chi connectivity index (χ1) is 14.7. The second-order valence-corrected chi connectivity index (χ2v) is 8.83. The molecule has 0 radical (unpaired) electrons. The zero-order valence-electron chi connectivity index (χ0n) is 18.9. The van der Waals surface area contributed by atoms with Crippen molar-refractivity contribution in [1.82, 2.24) is 9.88 Å². The van der Waals surface area contributed by atoms with E-state index >= 15 is 0 Å². The maximum Gasteiger partial charge on any atom is 0.573 e. The first-order valence-electron chi connectivity index (χ1n) is 10.5. The highest BCUT2D eigenvalue weighted by Gasteiger charge is 2.58. The molecule has 2 atom stereocenters. The minimum absolute atomic E-state index is 0.141. The number of benzene rings is 1. The van der Waals surface area contributed by atoms with E-state index in [1.807, 2.05) is 26.8 Å². The Labute approximate surface area is 185 Å². The van der Waals surface area contributed by atoms with Crippen LogP contribution in [-0.2, 0) is 11.2 Å².